The molecule has 21 heavy (non-hydrogen) atoms. The van der Waals surface area contributed by atoms with Crippen LogP contribution < -0.4 is 5.73 Å². The van der Waals surface area contributed by atoms with E-state index in [0.29, 0.717) is 0 Å². The Labute approximate surface area is 128 Å². The van der Waals surface area contributed by atoms with Crippen molar-refractivity contribution in [1.82, 2.24) is 5.16 Å². The summed E-state index contributed by atoms with van der Waals surface area (Å²) in [4.78, 5) is 1.22. The lowest BCUT2D eigenvalue weighted by Gasteiger charge is -2.04. The summed E-state index contributed by atoms with van der Waals surface area (Å²) in [5, 5.41) is 4.13. The molecule has 0 bridgehead atoms. The predicted molar refractivity (Wildman–Crippen MR) is 87.1 cm³/mol. The smallest absolute Gasteiger partial charge is 0.167 e. The van der Waals surface area contributed by atoms with Crippen molar-refractivity contribution in [3.63, 3.8) is 0 Å². The van der Waals surface area contributed by atoms with Crippen LogP contribution in [-0.4, -0.2) is 5.16 Å². The molecule has 0 aliphatic heterocycles. The van der Waals surface area contributed by atoms with Gasteiger partial charge < -0.3 is 10.3 Å². The minimum absolute atomic E-state index is 0.779. The summed E-state index contributed by atoms with van der Waals surface area (Å²) in [6.07, 6.45) is 0. The van der Waals surface area contributed by atoms with Crippen LogP contribution in [0.5, 0.6) is 0 Å². The summed E-state index contributed by atoms with van der Waals surface area (Å²) in [6.45, 7) is 2.07. The van der Waals surface area contributed by atoms with E-state index < -0.39 is 0 Å². The molecule has 0 spiro atoms. The van der Waals surface area contributed by atoms with Crippen molar-refractivity contribution in [1.29, 1.82) is 0 Å². The van der Waals surface area contributed by atoms with Gasteiger partial charge in [0, 0.05) is 28.0 Å². The van der Waals surface area contributed by atoms with Crippen LogP contribution in [0.25, 0.3) is 11.3 Å². The molecule has 2 aromatic carbocycles. The Bertz CT molecular complexity index is 738. The molecule has 0 amide bonds. The first-order valence-electron chi connectivity index (χ1n) is 6.72. The van der Waals surface area contributed by atoms with E-state index in [1.54, 1.807) is 11.8 Å². The molecule has 1 aromatic heterocycles. The van der Waals surface area contributed by atoms with Gasteiger partial charge in [0.2, 0.25) is 0 Å². The molecule has 3 rings (SSSR count). The van der Waals surface area contributed by atoms with E-state index in [1.165, 1.54) is 10.5 Å². The van der Waals surface area contributed by atoms with Crippen molar-refractivity contribution in [3.8, 4) is 11.3 Å². The fourth-order valence-corrected chi connectivity index (χ4v) is 2.99. The van der Waals surface area contributed by atoms with Crippen molar-refractivity contribution in [2.24, 2.45) is 0 Å². The quantitative estimate of drug-likeness (QED) is 0.568. The summed E-state index contributed by atoms with van der Waals surface area (Å²) < 4.78 is 5.41. The third-order valence-corrected chi connectivity index (χ3v) is 4.40. The number of anilines is 1. The molecule has 0 saturated carbocycles. The van der Waals surface area contributed by atoms with Crippen LogP contribution in [0.3, 0.4) is 0 Å². The lowest BCUT2D eigenvalue weighted by Crippen LogP contribution is -1.88. The topological polar surface area (TPSA) is 52.0 Å². The largest absolute Gasteiger partial charge is 0.399 e. The van der Waals surface area contributed by atoms with Gasteiger partial charge in [0.15, 0.2) is 5.76 Å². The SMILES string of the molecule is Cc1cc(N)ccc1SCc1cc(-c2ccccc2)on1. The Morgan fingerprint density at radius 2 is 1.90 bits per heavy atom. The van der Waals surface area contributed by atoms with E-state index in [2.05, 4.69) is 12.1 Å². The van der Waals surface area contributed by atoms with E-state index in [9.17, 15) is 0 Å². The molecule has 106 valence electrons. The number of nitrogen functional groups attached to an aromatic ring is 1. The molecule has 3 aromatic rings. The van der Waals surface area contributed by atoms with Crippen molar-refractivity contribution in [2.45, 2.75) is 17.6 Å². The average Bonchev–Trinajstić information content (AvgIpc) is 2.96. The van der Waals surface area contributed by atoms with Crippen molar-refractivity contribution < 1.29 is 4.52 Å². The van der Waals surface area contributed by atoms with Crippen molar-refractivity contribution in [3.05, 3.63) is 65.9 Å². The van der Waals surface area contributed by atoms with Gasteiger partial charge in [0.05, 0.1) is 5.69 Å². The van der Waals surface area contributed by atoms with Crippen LogP contribution in [0.2, 0.25) is 0 Å². The molecule has 1 heterocycles. The molecular formula is C17H16N2OS. The summed E-state index contributed by atoms with van der Waals surface area (Å²) in [5.41, 5.74) is 9.73. The number of nitrogens with two attached hydrogens (primary N) is 1. The van der Waals surface area contributed by atoms with E-state index in [-0.39, 0.29) is 0 Å². The van der Waals surface area contributed by atoms with Crippen LogP contribution in [0, 0.1) is 6.92 Å². The Hall–Kier alpha value is -2.20. The predicted octanol–water partition coefficient (Wildman–Crippen LogP) is 4.52. The maximum Gasteiger partial charge on any atom is 0.167 e. The van der Waals surface area contributed by atoms with Gasteiger partial charge in [-0.1, -0.05) is 35.5 Å². The summed E-state index contributed by atoms with van der Waals surface area (Å²) in [7, 11) is 0. The van der Waals surface area contributed by atoms with E-state index in [0.717, 1.165) is 28.5 Å². The van der Waals surface area contributed by atoms with Crippen LogP contribution in [0.15, 0.2) is 64.0 Å². The van der Waals surface area contributed by atoms with E-state index in [4.69, 9.17) is 10.3 Å². The Kier molecular flexibility index (Phi) is 3.97. The lowest BCUT2D eigenvalue weighted by molar-refractivity contribution is 0.426. The molecule has 0 fully saturated rings. The standard InChI is InChI=1S/C17H16N2OS/c1-12-9-14(18)7-8-17(12)21-11-15-10-16(20-19-15)13-5-3-2-4-6-13/h2-10H,11,18H2,1H3. The van der Waals surface area contributed by atoms with Gasteiger partial charge in [0.25, 0.3) is 0 Å². The highest BCUT2D eigenvalue weighted by Gasteiger charge is 2.07. The maximum absolute atomic E-state index is 5.77. The Balaban J connectivity index is 1.70. The highest BCUT2D eigenvalue weighted by molar-refractivity contribution is 7.98. The first kappa shape index (κ1) is 13.8. The van der Waals surface area contributed by atoms with Crippen molar-refractivity contribution in [2.75, 3.05) is 5.73 Å². The molecule has 2 N–H and O–H groups in total. The summed E-state index contributed by atoms with van der Waals surface area (Å²) in [6, 6.07) is 18.0. The molecular weight excluding hydrogens is 280 g/mol. The summed E-state index contributed by atoms with van der Waals surface area (Å²) >= 11 is 1.74. The zero-order chi connectivity index (χ0) is 14.7. The highest BCUT2D eigenvalue weighted by Crippen LogP contribution is 2.28. The van der Waals surface area contributed by atoms with Crippen LogP contribution in [0.1, 0.15) is 11.3 Å². The van der Waals surface area contributed by atoms with Crippen molar-refractivity contribution >= 4 is 17.4 Å². The fraction of sp³-hybridized carbons (Fsp3) is 0.118. The van der Waals surface area contributed by atoms with Gasteiger partial charge in [-0.3, -0.25) is 0 Å². The molecule has 0 saturated heterocycles. The number of aromatic nitrogens is 1. The van der Waals surface area contributed by atoms with Crippen LogP contribution in [0.4, 0.5) is 5.69 Å². The molecule has 0 unspecified atom stereocenters. The first-order valence-corrected chi connectivity index (χ1v) is 7.71. The minimum Gasteiger partial charge on any atom is -0.399 e. The molecule has 0 aliphatic carbocycles. The number of aryl methyl sites for hydroxylation is 1. The Morgan fingerprint density at radius 3 is 2.67 bits per heavy atom. The van der Waals surface area contributed by atoms with Gasteiger partial charge in [-0.2, -0.15) is 0 Å². The normalized spacial score (nSPS) is 10.7. The third kappa shape index (κ3) is 3.28. The second-order valence-electron chi connectivity index (χ2n) is 4.86. The molecule has 0 radical (unpaired) electrons. The second-order valence-corrected chi connectivity index (χ2v) is 5.88. The monoisotopic (exact) mass is 296 g/mol. The molecule has 0 atom stereocenters. The van der Waals surface area contributed by atoms with E-state index >= 15 is 0 Å². The van der Waals surface area contributed by atoms with Crippen LogP contribution in [-0.2, 0) is 5.75 Å². The maximum atomic E-state index is 5.77. The van der Waals surface area contributed by atoms with Crippen LogP contribution >= 0.6 is 11.8 Å². The van der Waals surface area contributed by atoms with Gasteiger partial charge in [-0.05, 0) is 30.7 Å². The number of hydrogen-bond acceptors (Lipinski definition) is 4. The number of nitrogens with zero attached hydrogens (tertiary/aromatic N) is 1. The number of thioether (sulfide) groups is 1. The number of hydrogen-bond donors (Lipinski definition) is 1. The van der Waals surface area contributed by atoms with Gasteiger partial charge in [-0.15, -0.1) is 11.8 Å². The fourth-order valence-electron chi connectivity index (χ4n) is 2.10. The zero-order valence-electron chi connectivity index (χ0n) is 11.7. The average molecular weight is 296 g/mol. The zero-order valence-corrected chi connectivity index (χ0v) is 12.6. The van der Waals surface area contributed by atoms with E-state index in [1.807, 2.05) is 54.6 Å². The van der Waals surface area contributed by atoms with Gasteiger partial charge in [-0.25, -0.2) is 0 Å². The number of benzene rings is 2. The second kappa shape index (κ2) is 6.06. The summed E-state index contributed by atoms with van der Waals surface area (Å²) in [5.74, 6) is 1.58. The lowest BCUT2D eigenvalue weighted by atomic mass is 10.2. The Morgan fingerprint density at radius 1 is 1.10 bits per heavy atom. The van der Waals surface area contributed by atoms with Gasteiger partial charge in [0.1, 0.15) is 0 Å². The molecule has 0 aliphatic rings. The molecule has 4 heteroatoms. The highest BCUT2D eigenvalue weighted by atomic mass is 32.2. The number of rotatable bonds is 4. The van der Waals surface area contributed by atoms with Gasteiger partial charge >= 0.3 is 0 Å². The minimum atomic E-state index is 0.779. The third-order valence-electron chi connectivity index (χ3n) is 3.19. The first-order chi connectivity index (χ1) is 10.2. The molecule has 3 nitrogen and oxygen atoms in total.